The van der Waals surface area contributed by atoms with Crippen LogP contribution in [0, 0.1) is 6.92 Å². The van der Waals surface area contributed by atoms with Gasteiger partial charge in [0, 0.05) is 12.1 Å². The van der Waals surface area contributed by atoms with E-state index in [-0.39, 0.29) is 0 Å². The van der Waals surface area contributed by atoms with Crippen molar-refractivity contribution in [3.63, 3.8) is 0 Å². The fourth-order valence-corrected chi connectivity index (χ4v) is 1.37. The molecular weight excluding hydrogens is 192 g/mol. The number of benzene rings is 1. The van der Waals surface area contributed by atoms with E-state index in [1.54, 1.807) is 6.07 Å². The number of hydrogen-bond donors (Lipinski definition) is 0. The van der Waals surface area contributed by atoms with Crippen LogP contribution in [-0.2, 0) is 9.59 Å². The van der Waals surface area contributed by atoms with Crippen LogP contribution in [0.25, 0.3) is 0 Å². The largest absolute Gasteiger partial charge is 0.485 e. The molecule has 2 amide bonds. The summed E-state index contributed by atoms with van der Waals surface area (Å²) < 4.78 is 1.29. The first-order chi connectivity index (χ1) is 7.18. The molecule has 0 radical (unpaired) electrons. The van der Waals surface area contributed by atoms with Crippen molar-refractivity contribution in [3.8, 4) is 0 Å². The van der Waals surface area contributed by atoms with Gasteiger partial charge in [-0.1, -0.05) is 12.1 Å². The normalized spacial score (nSPS) is 15.4. The van der Waals surface area contributed by atoms with E-state index in [0.717, 1.165) is 5.56 Å². The van der Waals surface area contributed by atoms with Crippen molar-refractivity contribution in [1.82, 2.24) is 0 Å². The zero-order chi connectivity index (χ0) is 10.8. The topological polar surface area (TPSA) is 49.5 Å². The molecule has 4 heteroatoms. The average Bonchev–Trinajstić information content (AvgIpc) is 2.22. The molecule has 1 aliphatic rings. The number of nitrogens with zero attached hydrogens (tertiary/aromatic N) is 2. The van der Waals surface area contributed by atoms with Gasteiger partial charge in [-0.05, 0) is 12.5 Å². The van der Waals surface area contributed by atoms with Crippen molar-refractivity contribution in [1.29, 1.82) is 0 Å². The first kappa shape index (κ1) is 9.45. The molecule has 0 aromatic heterocycles. The summed E-state index contributed by atoms with van der Waals surface area (Å²) >= 11 is 0. The van der Waals surface area contributed by atoms with E-state index in [2.05, 4.69) is 4.99 Å². The van der Waals surface area contributed by atoms with Crippen LogP contribution >= 0.6 is 0 Å². The maximum absolute atomic E-state index is 11.5. The van der Waals surface area contributed by atoms with E-state index < -0.39 is 11.8 Å². The third-order valence-electron chi connectivity index (χ3n) is 2.09. The maximum Gasteiger partial charge on any atom is 0.485 e. The van der Waals surface area contributed by atoms with Gasteiger partial charge < -0.3 is 0 Å². The molecule has 0 spiro atoms. The summed E-state index contributed by atoms with van der Waals surface area (Å²) in [5.41, 5.74) is 1.71. The van der Waals surface area contributed by atoms with Crippen LogP contribution in [0.15, 0.2) is 29.3 Å². The Balaban J connectivity index is 2.48. The molecule has 0 aliphatic carbocycles. The molecule has 0 N–H and O–H groups in total. The average molecular weight is 201 g/mol. The van der Waals surface area contributed by atoms with Crippen LogP contribution in [0.3, 0.4) is 0 Å². The fraction of sp³-hybridized carbons (Fsp3) is 0.0909. The minimum absolute atomic E-state index is 0.622. The second kappa shape index (κ2) is 3.57. The number of aryl methyl sites for hydroxylation is 1. The highest BCUT2D eigenvalue weighted by Crippen LogP contribution is 2.14. The Morgan fingerprint density at radius 2 is 2.07 bits per heavy atom. The molecule has 1 aliphatic heterocycles. The predicted octanol–water partition coefficient (Wildman–Crippen LogP) is 0.847. The molecule has 0 atom stereocenters. The molecule has 0 saturated heterocycles. The number of amides is 2. The third kappa shape index (κ3) is 1.74. The number of carbonyl (C=O) groups excluding carboxylic acids is 2. The predicted molar refractivity (Wildman–Crippen MR) is 55.7 cm³/mol. The first-order valence-corrected chi connectivity index (χ1v) is 4.50. The summed E-state index contributed by atoms with van der Waals surface area (Å²) in [6, 6.07) is 7.37. The Morgan fingerprint density at radius 1 is 1.27 bits per heavy atom. The highest BCUT2D eigenvalue weighted by molar-refractivity contribution is 6.39. The van der Waals surface area contributed by atoms with Crippen molar-refractivity contribution in [2.45, 2.75) is 6.92 Å². The van der Waals surface area contributed by atoms with Gasteiger partial charge in [-0.25, -0.2) is 9.79 Å². The van der Waals surface area contributed by atoms with E-state index in [1.165, 1.54) is 17.0 Å². The minimum atomic E-state index is -0.737. The van der Waals surface area contributed by atoms with Gasteiger partial charge in [0.2, 0.25) is 5.69 Å². The number of carbonyl (C=O) groups is 2. The van der Waals surface area contributed by atoms with E-state index in [9.17, 15) is 9.59 Å². The van der Waals surface area contributed by atoms with Crippen molar-refractivity contribution in [2.75, 3.05) is 0 Å². The van der Waals surface area contributed by atoms with Gasteiger partial charge in [0.1, 0.15) is 0 Å². The Labute approximate surface area is 86.6 Å². The molecule has 1 aromatic rings. The van der Waals surface area contributed by atoms with Crippen molar-refractivity contribution in [2.24, 2.45) is 4.99 Å². The standard InChI is InChI=1S/C11H9N2O2/c1-8-3-2-4-9(7-8)13-6-5-12-10(14)11(13)15/h2-7H,1H3/q+1. The van der Waals surface area contributed by atoms with Gasteiger partial charge in [0.25, 0.3) is 0 Å². The van der Waals surface area contributed by atoms with Crippen molar-refractivity contribution < 1.29 is 14.2 Å². The molecule has 74 valence electrons. The molecule has 0 bridgehead atoms. The molecule has 4 nitrogen and oxygen atoms in total. The molecular formula is C11H9N2O2+. The van der Waals surface area contributed by atoms with Crippen molar-refractivity contribution >= 4 is 29.9 Å². The summed E-state index contributed by atoms with van der Waals surface area (Å²) in [5, 5.41) is 0. The van der Waals surface area contributed by atoms with Crippen molar-refractivity contribution in [3.05, 3.63) is 29.8 Å². The lowest BCUT2D eigenvalue weighted by Crippen LogP contribution is -2.28. The second-order valence-electron chi connectivity index (χ2n) is 3.25. The summed E-state index contributed by atoms with van der Waals surface area (Å²) in [4.78, 5) is 25.9. The lowest BCUT2D eigenvalue weighted by atomic mass is 10.2. The van der Waals surface area contributed by atoms with E-state index in [1.807, 2.05) is 25.1 Å². The van der Waals surface area contributed by atoms with Crippen LogP contribution in [0.2, 0.25) is 0 Å². The van der Waals surface area contributed by atoms with Gasteiger partial charge in [-0.3, -0.25) is 4.79 Å². The third-order valence-corrected chi connectivity index (χ3v) is 2.09. The first-order valence-electron chi connectivity index (χ1n) is 4.50. The van der Waals surface area contributed by atoms with Crippen LogP contribution < -0.4 is 0 Å². The van der Waals surface area contributed by atoms with Crippen LogP contribution in [0.4, 0.5) is 5.69 Å². The summed E-state index contributed by atoms with van der Waals surface area (Å²) in [6.45, 7) is 1.92. The lowest BCUT2D eigenvalue weighted by Gasteiger charge is -2.00. The monoisotopic (exact) mass is 201 g/mol. The van der Waals surface area contributed by atoms with Crippen LogP contribution in [0.5, 0.6) is 0 Å². The summed E-state index contributed by atoms with van der Waals surface area (Å²) in [5.74, 6) is -1.36. The van der Waals surface area contributed by atoms with Gasteiger partial charge in [0.05, 0.1) is 6.21 Å². The van der Waals surface area contributed by atoms with E-state index in [4.69, 9.17) is 0 Å². The number of aliphatic imine (C=N–C) groups is 1. The van der Waals surface area contributed by atoms with Crippen LogP contribution in [-0.4, -0.2) is 28.8 Å². The second-order valence-corrected chi connectivity index (χ2v) is 3.25. The highest BCUT2D eigenvalue weighted by Gasteiger charge is 2.30. The molecule has 0 unspecified atom stereocenters. The van der Waals surface area contributed by atoms with Gasteiger partial charge in [-0.2, -0.15) is 0 Å². The number of hydrogen-bond acceptors (Lipinski definition) is 2. The Kier molecular flexibility index (Phi) is 2.25. The van der Waals surface area contributed by atoms with Crippen LogP contribution in [0.1, 0.15) is 5.56 Å². The quantitative estimate of drug-likeness (QED) is 0.499. The molecule has 0 fully saturated rings. The van der Waals surface area contributed by atoms with Gasteiger partial charge in [-0.15, -0.1) is 4.58 Å². The lowest BCUT2D eigenvalue weighted by molar-refractivity contribution is -0.356. The maximum atomic E-state index is 11.5. The Morgan fingerprint density at radius 3 is 2.80 bits per heavy atom. The molecule has 15 heavy (non-hydrogen) atoms. The highest BCUT2D eigenvalue weighted by atomic mass is 16.2. The fourth-order valence-electron chi connectivity index (χ4n) is 1.37. The molecule has 1 heterocycles. The molecule has 2 rings (SSSR count). The molecule has 0 saturated carbocycles. The summed E-state index contributed by atoms with van der Waals surface area (Å²) in [7, 11) is 0. The Bertz CT molecular complexity index is 501. The van der Waals surface area contributed by atoms with Gasteiger partial charge >= 0.3 is 11.8 Å². The van der Waals surface area contributed by atoms with E-state index in [0.29, 0.717) is 5.69 Å². The van der Waals surface area contributed by atoms with Gasteiger partial charge in [0.15, 0.2) is 6.21 Å². The smallest absolute Gasteiger partial charge is 0.255 e. The minimum Gasteiger partial charge on any atom is -0.255 e. The zero-order valence-electron chi connectivity index (χ0n) is 8.18. The summed E-state index contributed by atoms with van der Waals surface area (Å²) in [6.07, 6.45) is 2.81. The SMILES string of the molecule is Cc1cccc([N+]2=CC=NC(=O)C2=O)c1. The zero-order valence-corrected chi connectivity index (χ0v) is 8.18. The van der Waals surface area contributed by atoms with E-state index >= 15 is 0 Å². The number of rotatable bonds is 1. The Hall–Kier alpha value is -2.10. The molecule has 1 aromatic carbocycles.